The van der Waals surface area contributed by atoms with Crippen LogP contribution in [0.2, 0.25) is 10.0 Å². The lowest BCUT2D eigenvalue weighted by atomic mass is 10.2. The maximum absolute atomic E-state index is 12.8. The molecule has 0 amide bonds. The van der Waals surface area contributed by atoms with Gasteiger partial charge >= 0.3 is 0 Å². The summed E-state index contributed by atoms with van der Waals surface area (Å²) in [4.78, 5) is 0. The van der Waals surface area contributed by atoms with E-state index >= 15 is 0 Å². The summed E-state index contributed by atoms with van der Waals surface area (Å²) in [5.74, 6) is -4.62. The Kier molecular flexibility index (Phi) is 3.05. The van der Waals surface area contributed by atoms with E-state index in [4.69, 9.17) is 28.9 Å². The number of hydrogen-bond acceptors (Lipinski definition) is 1. The molecule has 0 saturated carbocycles. The third kappa shape index (κ3) is 1.61. The summed E-state index contributed by atoms with van der Waals surface area (Å²) in [7, 11) is 0. The first-order valence-electron chi connectivity index (χ1n) is 3.21. The summed E-state index contributed by atoms with van der Waals surface area (Å²) in [5, 5.41) is -1.15. The minimum Gasteiger partial charge on any atom is -0.326 e. The van der Waals surface area contributed by atoms with E-state index < -0.39 is 27.5 Å². The minimum absolute atomic E-state index is 0.139. The molecular formula is C7H4Cl2F3N. The highest BCUT2D eigenvalue weighted by atomic mass is 35.5. The highest BCUT2D eigenvalue weighted by molar-refractivity contribution is 6.36. The second-order valence-electron chi connectivity index (χ2n) is 2.25. The van der Waals surface area contributed by atoms with Gasteiger partial charge < -0.3 is 5.73 Å². The molecule has 6 heteroatoms. The van der Waals surface area contributed by atoms with Crippen LogP contribution in [0.3, 0.4) is 0 Å². The number of hydrogen-bond donors (Lipinski definition) is 1. The molecule has 0 bridgehead atoms. The molecule has 72 valence electrons. The van der Waals surface area contributed by atoms with Crippen molar-refractivity contribution >= 4 is 23.2 Å². The Balaban J connectivity index is 3.56. The fraction of sp³-hybridized carbons (Fsp3) is 0.143. The molecule has 1 aromatic rings. The van der Waals surface area contributed by atoms with Crippen molar-refractivity contribution in [3.05, 3.63) is 33.1 Å². The van der Waals surface area contributed by atoms with E-state index in [1.165, 1.54) is 0 Å². The zero-order chi connectivity index (χ0) is 10.2. The molecule has 1 nitrogen and oxygen atoms in total. The smallest absolute Gasteiger partial charge is 0.197 e. The van der Waals surface area contributed by atoms with Gasteiger partial charge in [-0.25, -0.2) is 13.2 Å². The van der Waals surface area contributed by atoms with Gasteiger partial charge in [-0.1, -0.05) is 23.2 Å². The quantitative estimate of drug-likeness (QED) is 0.582. The van der Waals surface area contributed by atoms with E-state index in [0.29, 0.717) is 0 Å². The predicted octanol–water partition coefficient (Wildman–Crippen LogP) is 2.87. The van der Waals surface area contributed by atoms with E-state index in [-0.39, 0.29) is 12.1 Å². The number of halogens is 5. The van der Waals surface area contributed by atoms with Gasteiger partial charge in [-0.2, -0.15) is 0 Å². The molecule has 0 saturated heterocycles. The summed E-state index contributed by atoms with van der Waals surface area (Å²) >= 11 is 10.7. The topological polar surface area (TPSA) is 26.0 Å². The average molecular weight is 230 g/mol. The van der Waals surface area contributed by atoms with Crippen LogP contribution in [0.5, 0.6) is 0 Å². The molecule has 1 rings (SSSR count). The Morgan fingerprint density at radius 1 is 0.923 bits per heavy atom. The lowest BCUT2D eigenvalue weighted by Crippen LogP contribution is -2.04. The van der Waals surface area contributed by atoms with E-state index in [1.807, 2.05) is 0 Å². The molecule has 0 atom stereocenters. The first-order valence-corrected chi connectivity index (χ1v) is 3.96. The highest BCUT2D eigenvalue weighted by Gasteiger charge is 2.21. The van der Waals surface area contributed by atoms with Crippen LogP contribution in [-0.2, 0) is 6.54 Å². The second-order valence-corrected chi connectivity index (χ2v) is 3.01. The van der Waals surface area contributed by atoms with E-state index in [9.17, 15) is 13.2 Å². The van der Waals surface area contributed by atoms with Gasteiger partial charge in [0.15, 0.2) is 17.5 Å². The third-order valence-electron chi connectivity index (χ3n) is 1.50. The normalized spacial score (nSPS) is 10.6. The molecule has 0 fully saturated rings. The predicted molar refractivity (Wildman–Crippen MR) is 44.2 cm³/mol. The summed E-state index contributed by atoms with van der Waals surface area (Å²) in [6.45, 7) is -0.258. The molecule has 0 aliphatic carbocycles. The summed E-state index contributed by atoms with van der Waals surface area (Å²) < 4.78 is 38.1. The van der Waals surface area contributed by atoms with E-state index in [2.05, 4.69) is 0 Å². The molecule has 0 heterocycles. The Labute approximate surface area is 82.2 Å². The lowest BCUT2D eigenvalue weighted by Gasteiger charge is -2.07. The zero-order valence-electron chi connectivity index (χ0n) is 6.17. The minimum atomic E-state index is -1.69. The van der Waals surface area contributed by atoms with Gasteiger partial charge in [0.2, 0.25) is 0 Å². The van der Waals surface area contributed by atoms with Gasteiger partial charge in [-0.15, -0.1) is 0 Å². The standard InChI is InChI=1S/C7H4Cl2F3N/c8-3-2(1-13)4(9)6(11)7(12)5(3)10/h1,13H2. The zero-order valence-corrected chi connectivity index (χ0v) is 7.69. The van der Waals surface area contributed by atoms with Crippen LogP contribution in [0, 0.1) is 17.5 Å². The first-order chi connectivity index (χ1) is 6.00. The fourth-order valence-electron chi connectivity index (χ4n) is 0.830. The van der Waals surface area contributed by atoms with Crippen molar-refractivity contribution in [2.45, 2.75) is 6.54 Å². The molecule has 0 radical (unpaired) electrons. The van der Waals surface area contributed by atoms with Crippen molar-refractivity contribution in [2.24, 2.45) is 5.73 Å². The molecule has 0 spiro atoms. The number of rotatable bonds is 1. The van der Waals surface area contributed by atoms with Gasteiger partial charge in [0.05, 0.1) is 10.0 Å². The Hall–Kier alpha value is -0.450. The number of nitrogens with two attached hydrogens (primary N) is 1. The van der Waals surface area contributed by atoms with Crippen LogP contribution in [0.4, 0.5) is 13.2 Å². The maximum atomic E-state index is 12.8. The van der Waals surface area contributed by atoms with Crippen LogP contribution < -0.4 is 5.73 Å². The molecule has 0 aliphatic heterocycles. The van der Waals surface area contributed by atoms with Crippen LogP contribution >= 0.6 is 23.2 Å². The largest absolute Gasteiger partial charge is 0.326 e. The Morgan fingerprint density at radius 3 is 1.62 bits per heavy atom. The third-order valence-corrected chi connectivity index (χ3v) is 2.29. The van der Waals surface area contributed by atoms with Crippen LogP contribution in [0.15, 0.2) is 0 Å². The Bertz CT molecular complexity index is 325. The lowest BCUT2D eigenvalue weighted by molar-refractivity contribution is 0.446. The summed E-state index contributed by atoms with van der Waals surface area (Å²) in [6, 6.07) is 0. The van der Waals surface area contributed by atoms with E-state index in [1.54, 1.807) is 0 Å². The van der Waals surface area contributed by atoms with Crippen molar-refractivity contribution in [1.82, 2.24) is 0 Å². The number of benzene rings is 1. The van der Waals surface area contributed by atoms with Crippen LogP contribution in [-0.4, -0.2) is 0 Å². The van der Waals surface area contributed by atoms with Crippen molar-refractivity contribution in [2.75, 3.05) is 0 Å². The first kappa shape index (κ1) is 10.6. The van der Waals surface area contributed by atoms with Crippen LogP contribution in [0.1, 0.15) is 5.56 Å². The molecule has 0 aliphatic rings. The highest BCUT2D eigenvalue weighted by Crippen LogP contribution is 2.31. The van der Waals surface area contributed by atoms with Gasteiger partial charge in [-0.05, 0) is 0 Å². The fourth-order valence-corrected chi connectivity index (χ4v) is 1.39. The van der Waals surface area contributed by atoms with Gasteiger partial charge in [0, 0.05) is 12.1 Å². The van der Waals surface area contributed by atoms with Crippen molar-refractivity contribution < 1.29 is 13.2 Å². The monoisotopic (exact) mass is 229 g/mol. The van der Waals surface area contributed by atoms with Crippen LogP contribution in [0.25, 0.3) is 0 Å². The van der Waals surface area contributed by atoms with E-state index in [0.717, 1.165) is 0 Å². The average Bonchev–Trinajstić information content (AvgIpc) is 2.13. The molecule has 1 aromatic carbocycles. The molecule has 0 unspecified atom stereocenters. The Morgan fingerprint density at radius 2 is 1.31 bits per heavy atom. The second kappa shape index (κ2) is 3.74. The van der Waals surface area contributed by atoms with Crippen molar-refractivity contribution in [3.8, 4) is 0 Å². The SMILES string of the molecule is NCc1c(Cl)c(F)c(F)c(F)c1Cl. The van der Waals surface area contributed by atoms with Gasteiger partial charge in [0.1, 0.15) is 0 Å². The summed E-state index contributed by atoms with van der Waals surface area (Å²) in [5.41, 5.74) is 4.98. The maximum Gasteiger partial charge on any atom is 0.197 e. The van der Waals surface area contributed by atoms with Crippen molar-refractivity contribution in [1.29, 1.82) is 0 Å². The van der Waals surface area contributed by atoms with Gasteiger partial charge in [0.25, 0.3) is 0 Å². The molecule has 0 aromatic heterocycles. The molecule has 13 heavy (non-hydrogen) atoms. The summed E-state index contributed by atoms with van der Waals surface area (Å²) in [6.07, 6.45) is 0. The molecule has 2 N–H and O–H groups in total. The van der Waals surface area contributed by atoms with Gasteiger partial charge in [-0.3, -0.25) is 0 Å². The molecular weight excluding hydrogens is 226 g/mol. The van der Waals surface area contributed by atoms with Crippen molar-refractivity contribution in [3.63, 3.8) is 0 Å².